The van der Waals surface area contributed by atoms with Gasteiger partial charge in [0.1, 0.15) is 0 Å². The molecule has 2 nitrogen and oxygen atoms in total. The molecule has 0 aliphatic carbocycles. The molecule has 2 aliphatic heterocycles. The molecule has 82 valence electrons. The maximum atomic E-state index is 5.91. The monoisotopic (exact) mass is 197 g/mol. The van der Waals surface area contributed by atoms with Crippen LogP contribution in [0, 0.1) is 5.41 Å². The van der Waals surface area contributed by atoms with E-state index in [4.69, 9.17) is 4.74 Å². The largest absolute Gasteiger partial charge is 0.375 e. The molecule has 2 aliphatic rings. The Kier molecular flexibility index (Phi) is 2.85. The molecule has 2 heteroatoms. The average Bonchev–Trinajstić information content (AvgIpc) is 2.19. The van der Waals surface area contributed by atoms with Gasteiger partial charge in [-0.25, -0.2) is 0 Å². The molecular weight excluding hydrogens is 174 g/mol. The number of nitrogens with one attached hydrogen (secondary N) is 1. The Balaban J connectivity index is 2.04. The van der Waals surface area contributed by atoms with Gasteiger partial charge in [-0.2, -0.15) is 0 Å². The Bertz CT molecular complexity index is 193. The number of hydrogen-bond acceptors (Lipinski definition) is 2. The molecule has 0 radical (unpaired) electrons. The van der Waals surface area contributed by atoms with Crippen molar-refractivity contribution in [3.05, 3.63) is 0 Å². The lowest BCUT2D eigenvalue weighted by molar-refractivity contribution is -0.122. The number of piperidine rings is 1. The predicted octanol–water partition coefficient (Wildman–Crippen LogP) is 2.34. The van der Waals surface area contributed by atoms with Crippen LogP contribution in [0.15, 0.2) is 0 Å². The van der Waals surface area contributed by atoms with E-state index in [1.165, 1.54) is 38.8 Å². The van der Waals surface area contributed by atoms with Crippen LogP contribution in [0.3, 0.4) is 0 Å². The summed E-state index contributed by atoms with van der Waals surface area (Å²) in [6, 6.07) is 0. The number of ether oxygens (including phenoxy) is 1. The maximum Gasteiger partial charge on any atom is 0.0657 e. The van der Waals surface area contributed by atoms with E-state index in [0.29, 0.717) is 5.41 Å². The minimum Gasteiger partial charge on any atom is -0.375 e. The highest BCUT2D eigenvalue weighted by atomic mass is 16.5. The van der Waals surface area contributed by atoms with E-state index in [2.05, 4.69) is 19.2 Å². The molecule has 2 atom stereocenters. The molecule has 0 saturated carbocycles. The zero-order valence-electron chi connectivity index (χ0n) is 9.57. The van der Waals surface area contributed by atoms with E-state index in [0.717, 1.165) is 13.0 Å². The summed E-state index contributed by atoms with van der Waals surface area (Å²) in [6.07, 6.45) is 6.41. The van der Waals surface area contributed by atoms with Crippen molar-refractivity contribution in [2.75, 3.05) is 19.7 Å². The molecule has 2 saturated heterocycles. The first-order valence-electron chi connectivity index (χ1n) is 6.03. The molecule has 0 unspecified atom stereocenters. The highest BCUT2D eigenvalue weighted by Crippen LogP contribution is 2.44. The van der Waals surface area contributed by atoms with Gasteiger partial charge in [-0.15, -0.1) is 0 Å². The molecular formula is C12H23NO. The Hall–Kier alpha value is -0.0800. The van der Waals surface area contributed by atoms with E-state index >= 15 is 0 Å². The van der Waals surface area contributed by atoms with E-state index in [1.54, 1.807) is 0 Å². The summed E-state index contributed by atoms with van der Waals surface area (Å²) in [5.74, 6) is 0. The predicted molar refractivity (Wildman–Crippen MR) is 58.4 cm³/mol. The van der Waals surface area contributed by atoms with Crippen LogP contribution in [0.2, 0.25) is 0 Å². The summed E-state index contributed by atoms with van der Waals surface area (Å²) in [4.78, 5) is 0. The van der Waals surface area contributed by atoms with Crippen LogP contribution in [0.5, 0.6) is 0 Å². The Morgan fingerprint density at radius 2 is 2.21 bits per heavy atom. The van der Waals surface area contributed by atoms with Gasteiger partial charge in [-0.1, -0.05) is 6.92 Å². The summed E-state index contributed by atoms with van der Waals surface area (Å²) < 4.78 is 5.91. The lowest BCUT2D eigenvalue weighted by Crippen LogP contribution is -2.50. The van der Waals surface area contributed by atoms with Crippen LogP contribution in [0.25, 0.3) is 0 Å². The molecule has 2 heterocycles. The van der Waals surface area contributed by atoms with E-state index in [1.807, 2.05) is 0 Å². The number of rotatable bonds is 1. The van der Waals surface area contributed by atoms with Crippen LogP contribution in [0.1, 0.15) is 46.0 Å². The van der Waals surface area contributed by atoms with Crippen molar-refractivity contribution in [1.29, 1.82) is 0 Å². The second-order valence-corrected chi connectivity index (χ2v) is 5.36. The van der Waals surface area contributed by atoms with Crippen LogP contribution in [0.4, 0.5) is 0 Å². The lowest BCUT2D eigenvalue weighted by Gasteiger charge is -2.48. The van der Waals surface area contributed by atoms with Gasteiger partial charge in [-0.3, -0.25) is 0 Å². The van der Waals surface area contributed by atoms with Crippen molar-refractivity contribution < 1.29 is 4.74 Å². The van der Waals surface area contributed by atoms with Gasteiger partial charge in [0.2, 0.25) is 0 Å². The van der Waals surface area contributed by atoms with E-state index in [-0.39, 0.29) is 5.60 Å². The van der Waals surface area contributed by atoms with Crippen molar-refractivity contribution in [2.24, 2.45) is 5.41 Å². The highest BCUT2D eigenvalue weighted by Gasteiger charge is 2.42. The topological polar surface area (TPSA) is 21.3 Å². The second-order valence-electron chi connectivity index (χ2n) is 5.36. The van der Waals surface area contributed by atoms with Crippen LogP contribution >= 0.6 is 0 Å². The van der Waals surface area contributed by atoms with E-state index < -0.39 is 0 Å². The first-order valence-corrected chi connectivity index (χ1v) is 6.03. The molecule has 2 rings (SSSR count). The van der Waals surface area contributed by atoms with Gasteiger partial charge in [0.15, 0.2) is 0 Å². The van der Waals surface area contributed by atoms with Gasteiger partial charge >= 0.3 is 0 Å². The fourth-order valence-electron chi connectivity index (χ4n) is 3.07. The first-order chi connectivity index (χ1) is 6.68. The summed E-state index contributed by atoms with van der Waals surface area (Å²) in [5, 5.41) is 3.55. The Morgan fingerprint density at radius 3 is 2.86 bits per heavy atom. The fraction of sp³-hybridized carbons (Fsp3) is 1.00. The standard InChI is InChI=1S/C12H23NO/c1-3-11(2)9-12(6-8-14-11)5-4-7-13-10-12/h13H,3-10H2,1-2H3/t11-,12-/m1/s1. The van der Waals surface area contributed by atoms with E-state index in [9.17, 15) is 0 Å². The van der Waals surface area contributed by atoms with Gasteiger partial charge in [-0.05, 0) is 51.0 Å². The van der Waals surface area contributed by atoms with Gasteiger partial charge in [0.05, 0.1) is 5.60 Å². The van der Waals surface area contributed by atoms with Gasteiger partial charge < -0.3 is 10.1 Å². The number of hydrogen-bond donors (Lipinski definition) is 1. The molecule has 0 aromatic rings. The maximum absolute atomic E-state index is 5.91. The zero-order valence-corrected chi connectivity index (χ0v) is 9.57. The second kappa shape index (κ2) is 3.82. The minimum absolute atomic E-state index is 0.150. The molecule has 2 fully saturated rings. The summed E-state index contributed by atoms with van der Waals surface area (Å²) in [6.45, 7) is 7.92. The van der Waals surface area contributed by atoms with Crippen molar-refractivity contribution in [1.82, 2.24) is 5.32 Å². The molecule has 1 N–H and O–H groups in total. The zero-order chi connectivity index (χ0) is 10.1. The smallest absolute Gasteiger partial charge is 0.0657 e. The molecule has 1 spiro atoms. The van der Waals surface area contributed by atoms with Gasteiger partial charge in [0.25, 0.3) is 0 Å². The third-order valence-corrected chi connectivity index (χ3v) is 4.14. The SMILES string of the molecule is CC[C@]1(C)C[C@@]2(CCCNC2)CCO1. The summed E-state index contributed by atoms with van der Waals surface area (Å²) in [5.41, 5.74) is 0.707. The molecule has 14 heavy (non-hydrogen) atoms. The first kappa shape index (κ1) is 10.4. The molecule has 0 amide bonds. The summed E-state index contributed by atoms with van der Waals surface area (Å²) >= 11 is 0. The molecule has 0 bridgehead atoms. The van der Waals surface area contributed by atoms with Crippen LogP contribution in [-0.4, -0.2) is 25.3 Å². The Labute approximate surface area is 87.4 Å². The van der Waals surface area contributed by atoms with Crippen LogP contribution < -0.4 is 5.32 Å². The third-order valence-electron chi connectivity index (χ3n) is 4.14. The van der Waals surface area contributed by atoms with Crippen LogP contribution in [-0.2, 0) is 4.74 Å². The lowest BCUT2D eigenvalue weighted by atomic mass is 9.68. The molecule has 0 aromatic carbocycles. The van der Waals surface area contributed by atoms with Crippen molar-refractivity contribution in [2.45, 2.75) is 51.6 Å². The highest BCUT2D eigenvalue weighted by molar-refractivity contribution is 4.94. The summed E-state index contributed by atoms with van der Waals surface area (Å²) in [7, 11) is 0. The fourth-order valence-corrected chi connectivity index (χ4v) is 3.07. The average molecular weight is 197 g/mol. The van der Waals surface area contributed by atoms with Crippen molar-refractivity contribution >= 4 is 0 Å². The Morgan fingerprint density at radius 1 is 1.36 bits per heavy atom. The minimum atomic E-state index is 0.150. The van der Waals surface area contributed by atoms with Crippen molar-refractivity contribution in [3.8, 4) is 0 Å². The van der Waals surface area contributed by atoms with Crippen molar-refractivity contribution in [3.63, 3.8) is 0 Å². The van der Waals surface area contributed by atoms with Gasteiger partial charge in [0, 0.05) is 13.2 Å². The molecule has 0 aromatic heterocycles. The quantitative estimate of drug-likeness (QED) is 0.696. The third kappa shape index (κ3) is 1.96. The normalized spacial score (nSPS) is 44.1.